The second-order valence-corrected chi connectivity index (χ2v) is 5.70. The smallest absolute Gasteiger partial charge is 0.188 e. The first-order valence-corrected chi connectivity index (χ1v) is 7.44. The molecule has 3 N–H and O–H groups in total. The van der Waals surface area contributed by atoms with Gasteiger partial charge in [0.15, 0.2) is 5.96 Å². The van der Waals surface area contributed by atoms with Gasteiger partial charge in [-0.1, -0.05) is 18.2 Å². The Morgan fingerprint density at radius 1 is 1.47 bits per heavy atom. The first kappa shape index (κ1) is 15.7. The Labute approximate surface area is 116 Å². The fraction of sp³-hybridized carbons (Fsp3) is 0.462. The molecule has 106 valence electrons. The van der Waals surface area contributed by atoms with E-state index in [-0.39, 0.29) is 6.04 Å². The lowest BCUT2D eigenvalue weighted by Crippen LogP contribution is -2.40. The number of hydrogen-bond acceptors (Lipinski definition) is 3. The predicted molar refractivity (Wildman–Crippen MR) is 78.7 cm³/mol. The molecule has 1 aromatic rings. The largest absolute Gasteiger partial charge is 0.383 e. The lowest BCUT2D eigenvalue weighted by molar-refractivity contribution is 0.179. The zero-order valence-corrected chi connectivity index (χ0v) is 12.2. The topological polar surface area (TPSA) is 76.7 Å². The number of benzene rings is 1. The minimum atomic E-state index is -1.03. The molecule has 1 rings (SSSR count). The van der Waals surface area contributed by atoms with Gasteiger partial charge >= 0.3 is 0 Å². The molecular formula is C13H21N3O2S. The zero-order chi connectivity index (χ0) is 14.1. The van der Waals surface area contributed by atoms with Crippen molar-refractivity contribution in [1.82, 2.24) is 5.32 Å². The first-order chi connectivity index (χ1) is 9.13. The van der Waals surface area contributed by atoms with Crippen molar-refractivity contribution in [3.05, 3.63) is 30.3 Å². The lowest BCUT2D eigenvalue weighted by Gasteiger charge is -2.12. The van der Waals surface area contributed by atoms with Gasteiger partial charge in [-0.15, -0.1) is 0 Å². The number of methoxy groups -OCH3 is 1. The molecule has 0 saturated carbocycles. The van der Waals surface area contributed by atoms with Gasteiger partial charge in [0, 0.05) is 23.8 Å². The standard InChI is InChI=1S/C13H21N3O2S/c1-11(10-18-2)16-13(14)15-8-9-19(17)12-6-4-3-5-7-12/h3-7,11H,8-10H2,1-2H3,(H3,14,15,16). The van der Waals surface area contributed by atoms with Crippen LogP contribution in [0, 0.1) is 0 Å². The molecule has 0 fully saturated rings. The molecule has 2 unspecified atom stereocenters. The van der Waals surface area contributed by atoms with Gasteiger partial charge in [0.2, 0.25) is 0 Å². The van der Waals surface area contributed by atoms with E-state index >= 15 is 0 Å². The summed E-state index contributed by atoms with van der Waals surface area (Å²) in [6, 6.07) is 9.45. The summed E-state index contributed by atoms with van der Waals surface area (Å²) >= 11 is 0. The molecule has 0 amide bonds. The SMILES string of the molecule is COCC(C)NC(N)=NCCS(=O)c1ccccc1. The van der Waals surface area contributed by atoms with Crippen LogP contribution in [-0.4, -0.2) is 42.2 Å². The van der Waals surface area contributed by atoms with Crippen LogP contribution in [0.2, 0.25) is 0 Å². The highest BCUT2D eigenvalue weighted by Crippen LogP contribution is 2.04. The van der Waals surface area contributed by atoms with Gasteiger partial charge in [0.1, 0.15) is 0 Å². The number of nitrogens with one attached hydrogen (secondary N) is 1. The summed E-state index contributed by atoms with van der Waals surface area (Å²) in [4.78, 5) is 4.96. The molecule has 0 aromatic heterocycles. The van der Waals surface area contributed by atoms with Crippen LogP contribution in [-0.2, 0) is 15.5 Å². The van der Waals surface area contributed by atoms with Gasteiger partial charge in [-0.2, -0.15) is 0 Å². The van der Waals surface area contributed by atoms with Crippen molar-refractivity contribution in [2.24, 2.45) is 10.7 Å². The highest BCUT2D eigenvalue weighted by atomic mass is 32.2. The average Bonchev–Trinajstić information content (AvgIpc) is 2.39. The highest BCUT2D eigenvalue weighted by molar-refractivity contribution is 7.85. The van der Waals surface area contributed by atoms with E-state index in [0.29, 0.717) is 24.9 Å². The predicted octanol–water partition coefficient (Wildman–Crippen LogP) is 0.733. The monoisotopic (exact) mass is 283 g/mol. The number of nitrogens with zero attached hydrogens (tertiary/aromatic N) is 1. The Bertz CT molecular complexity index is 423. The summed E-state index contributed by atoms with van der Waals surface area (Å²) in [5, 5.41) is 3.00. The van der Waals surface area contributed by atoms with Crippen LogP contribution in [0.15, 0.2) is 40.2 Å². The van der Waals surface area contributed by atoms with Crippen LogP contribution >= 0.6 is 0 Å². The molecule has 2 atom stereocenters. The summed E-state index contributed by atoms with van der Waals surface area (Å²) < 4.78 is 16.9. The summed E-state index contributed by atoms with van der Waals surface area (Å²) in [6.07, 6.45) is 0. The maximum absolute atomic E-state index is 11.9. The quantitative estimate of drug-likeness (QED) is 0.571. The lowest BCUT2D eigenvalue weighted by atomic mass is 10.4. The van der Waals surface area contributed by atoms with Crippen molar-refractivity contribution in [3.63, 3.8) is 0 Å². The number of hydrogen-bond donors (Lipinski definition) is 2. The maximum atomic E-state index is 11.9. The highest BCUT2D eigenvalue weighted by Gasteiger charge is 2.03. The van der Waals surface area contributed by atoms with Crippen molar-refractivity contribution in [2.75, 3.05) is 26.0 Å². The summed E-state index contributed by atoms with van der Waals surface area (Å²) in [7, 11) is 0.602. The molecule has 0 aliphatic rings. The number of nitrogens with two attached hydrogens (primary N) is 1. The third-order valence-corrected chi connectivity index (χ3v) is 3.73. The van der Waals surface area contributed by atoms with E-state index in [4.69, 9.17) is 10.5 Å². The molecule has 0 aliphatic heterocycles. The Hall–Kier alpha value is -1.40. The normalized spacial score (nSPS) is 14.9. The number of ether oxygens (including phenoxy) is 1. The van der Waals surface area contributed by atoms with E-state index < -0.39 is 10.8 Å². The third-order valence-electron chi connectivity index (χ3n) is 2.38. The van der Waals surface area contributed by atoms with E-state index in [1.165, 1.54) is 0 Å². The van der Waals surface area contributed by atoms with Crippen LogP contribution in [0.25, 0.3) is 0 Å². The zero-order valence-electron chi connectivity index (χ0n) is 11.3. The molecule has 0 saturated heterocycles. The minimum absolute atomic E-state index is 0.105. The Morgan fingerprint density at radius 3 is 2.79 bits per heavy atom. The molecule has 0 spiro atoms. The van der Waals surface area contributed by atoms with Crippen LogP contribution in [0.1, 0.15) is 6.92 Å². The molecule has 0 bridgehead atoms. The summed E-state index contributed by atoms with van der Waals surface area (Å²) in [6.45, 7) is 2.94. The van der Waals surface area contributed by atoms with E-state index in [0.717, 1.165) is 4.90 Å². The molecule has 0 radical (unpaired) electrons. The molecule has 6 heteroatoms. The second-order valence-electron chi connectivity index (χ2n) is 4.13. The van der Waals surface area contributed by atoms with Crippen LogP contribution in [0.5, 0.6) is 0 Å². The molecule has 0 aliphatic carbocycles. The molecule has 19 heavy (non-hydrogen) atoms. The van der Waals surface area contributed by atoms with Gasteiger partial charge in [-0.25, -0.2) is 0 Å². The van der Waals surface area contributed by atoms with E-state index in [2.05, 4.69) is 10.3 Å². The average molecular weight is 283 g/mol. The van der Waals surface area contributed by atoms with E-state index in [9.17, 15) is 4.21 Å². The molecular weight excluding hydrogens is 262 g/mol. The Kier molecular flexibility index (Phi) is 7.14. The fourth-order valence-corrected chi connectivity index (χ4v) is 2.48. The maximum Gasteiger partial charge on any atom is 0.188 e. The van der Waals surface area contributed by atoms with Crippen molar-refractivity contribution < 1.29 is 8.95 Å². The molecule has 1 aromatic carbocycles. The van der Waals surface area contributed by atoms with Gasteiger partial charge in [-0.3, -0.25) is 9.20 Å². The number of rotatable bonds is 7. The number of aliphatic imine (C=N–C) groups is 1. The van der Waals surface area contributed by atoms with Crippen LogP contribution in [0.3, 0.4) is 0 Å². The van der Waals surface area contributed by atoms with Gasteiger partial charge < -0.3 is 15.8 Å². The summed E-state index contributed by atoms with van der Waals surface area (Å²) in [5.74, 6) is 0.819. The third kappa shape index (κ3) is 6.35. The van der Waals surface area contributed by atoms with Crippen LogP contribution < -0.4 is 11.1 Å². The van der Waals surface area contributed by atoms with E-state index in [1.54, 1.807) is 7.11 Å². The van der Waals surface area contributed by atoms with E-state index in [1.807, 2.05) is 37.3 Å². The van der Waals surface area contributed by atoms with Crippen molar-refractivity contribution in [3.8, 4) is 0 Å². The Balaban J connectivity index is 2.35. The second kappa shape index (κ2) is 8.66. The van der Waals surface area contributed by atoms with Crippen LogP contribution in [0.4, 0.5) is 0 Å². The fourth-order valence-electron chi connectivity index (χ4n) is 1.53. The molecule has 0 heterocycles. The van der Waals surface area contributed by atoms with Gasteiger partial charge in [0.05, 0.1) is 24.0 Å². The van der Waals surface area contributed by atoms with Crippen molar-refractivity contribution in [2.45, 2.75) is 17.9 Å². The minimum Gasteiger partial charge on any atom is -0.383 e. The summed E-state index contributed by atoms with van der Waals surface area (Å²) in [5.41, 5.74) is 5.71. The Morgan fingerprint density at radius 2 is 2.16 bits per heavy atom. The van der Waals surface area contributed by atoms with Crippen molar-refractivity contribution in [1.29, 1.82) is 0 Å². The molecule has 5 nitrogen and oxygen atoms in total. The number of guanidine groups is 1. The van der Waals surface area contributed by atoms with Gasteiger partial charge in [0.25, 0.3) is 0 Å². The van der Waals surface area contributed by atoms with Gasteiger partial charge in [-0.05, 0) is 19.1 Å². The first-order valence-electron chi connectivity index (χ1n) is 6.12. The van der Waals surface area contributed by atoms with Crippen molar-refractivity contribution >= 4 is 16.8 Å².